The van der Waals surface area contributed by atoms with Gasteiger partial charge < -0.3 is 15.4 Å². The van der Waals surface area contributed by atoms with E-state index in [0.717, 1.165) is 30.2 Å². The highest BCUT2D eigenvalue weighted by Crippen LogP contribution is 2.27. The number of hydrogen-bond donors (Lipinski definition) is 1. The third-order valence-corrected chi connectivity index (χ3v) is 4.20. The fraction of sp³-hybridized carbons (Fsp3) is 0.222. The van der Waals surface area contributed by atoms with Crippen LogP contribution < -0.4 is 10.6 Å². The summed E-state index contributed by atoms with van der Waals surface area (Å²) < 4.78 is 5.04. The second kappa shape index (κ2) is 7.22. The third-order valence-electron chi connectivity index (χ3n) is 4.20. The number of fused-ring (bicyclic) bond motifs is 1. The minimum absolute atomic E-state index is 0.0299. The summed E-state index contributed by atoms with van der Waals surface area (Å²) in [6.45, 7) is 0.117. The van der Waals surface area contributed by atoms with E-state index in [0.29, 0.717) is 6.54 Å². The van der Waals surface area contributed by atoms with E-state index in [1.807, 2.05) is 24.3 Å². The van der Waals surface area contributed by atoms with Gasteiger partial charge in [-0.05, 0) is 36.6 Å². The number of esters is 1. The van der Waals surface area contributed by atoms with E-state index in [1.165, 1.54) is 12.1 Å². The fourth-order valence-corrected chi connectivity index (χ4v) is 2.91. The Kier molecular flexibility index (Phi) is 4.83. The molecular weight excluding hydrogens is 338 g/mol. The molecule has 2 N–H and O–H groups in total. The van der Waals surface area contributed by atoms with Crippen LogP contribution >= 0.6 is 0 Å². The minimum Gasteiger partial charge on any atom is -0.452 e. The van der Waals surface area contributed by atoms with Gasteiger partial charge in [0.05, 0.1) is 10.5 Å². The fourth-order valence-electron chi connectivity index (χ4n) is 2.91. The molecule has 0 aliphatic carbocycles. The maximum atomic E-state index is 12.4. The van der Waals surface area contributed by atoms with Crippen LogP contribution in [0.15, 0.2) is 42.5 Å². The van der Waals surface area contributed by atoms with Gasteiger partial charge in [-0.1, -0.05) is 18.2 Å². The molecule has 0 radical (unpaired) electrons. The summed E-state index contributed by atoms with van der Waals surface area (Å²) in [4.78, 5) is 36.4. The van der Waals surface area contributed by atoms with Gasteiger partial charge in [0.2, 0.25) is 0 Å². The van der Waals surface area contributed by atoms with E-state index in [9.17, 15) is 19.7 Å². The second-order valence-corrected chi connectivity index (χ2v) is 5.88. The molecule has 2 aromatic rings. The molecule has 8 nitrogen and oxygen atoms in total. The van der Waals surface area contributed by atoms with Gasteiger partial charge in [-0.2, -0.15) is 0 Å². The molecule has 1 amide bonds. The van der Waals surface area contributed by atoms with Crippen molar-refractivity contribution in [3.8, 4) is 0 Å². The van der Waals surface area contributed by atoms with Gasteiger partial charge in [-0.25, -0.2) is 4.79 Å². The van der Waals surface area contributed by atoms with E-state index < -0.39 is 17.5 Å². The van der Waals surface area contributed by atoms with E-state index in [2.05, 4.69) is 0 Å². The molecule has 0 spiro atoms. The number of carbonyl (C=O) groups is 2. The number of rotatable bonds is 4. The monoisotopic (exact) mass is 355 g/mol. The Labute approximate surface area is 149 Å². The van der Waals surface area contributed by atoms with Crippen LogP contribution in [0.1, 0.15) is 22.3 Å². The van der Waals surface area contributed by atoms with Crippen LogP contribution in [-0.4, -0.2) is 30.0 Å². The van der Waals surface area contributed by atoms with Gasteiger partial charge in [0.1, 0.15) is 5.69 Å². The van der Waals surface area contributed by atoms with Gasteiger partial charge in [0.25, 0.3) is 11.6 Å². The molecule has 0 saturated heterocycles. The van der Waals surface area contributed by atoms with Crippen molar-refractivity contribution in [2.45, 2.75) is 12.8 Å². The van der Waals surface area contributed by atoms with E-state index >= 15 is 0 Å². The highest BCUT2D eigenvalue weighted by molar-refractivity contribution is 5.98. The summed E-state index contributed by atoms with van der Waals surface area (Å²) in [5, 5.41) is 10.9. The Morgan fingerprint density at radius 3 is 2.77 bits per heavy atom. The molecule has 2 aromatic carbocycles. The van der Waals surface area contributed by atoms with Crippen molar-refractivity contribution >= 4 is 28.9 Å². The van der Waals surface area contributed by atoms with Crippen molar-refractivity contribution in [3.63, 3.8) is 0 Å². The van der Waals surface area contributed by atoms with Crippen LogP contribution in [0.25, 0.3) is 0 Å². The van der Waals surface area contributed by atoms with Crippen molar-refractivity contribution in [3.05, 3.63) is 63.7 Å². The van der Waals surface area contributed by atoms with Crippen LogP contribution in [0.4, 0.5) is 17.1 Å². The maximum Gasteiger partial charge on any atom is 0.338 e. The van der Waals surface area contributed by atoms with Gasteiger partial charge in [0.15, 0.2) is 6.61 Å². The Balaban J connectivity index is 1.68. The lowest BCUT2D eigenvalue weighted by molar-refractivity contribution is -0.383. The molecule has 1 aliphatic heterocycles. The molecule has 0 fully saturated rings. The average Bonchev–Trinajstić information content (AvgIpc) is 2.65. The number of ether oxygens (including phenoxy) is 1. The Bertz CT molecular complexity index is 881. The number of nitrogen functional groups attached to an aromatic ring is 1. The summed E-state index contributed by atoms with van der Waals surface area (Å²) in [5.41, 5.74) is 6.94. The summed E-state index contributed by atoms with van der Waals surface area (Å²) >= 11 is 0. The molecule has 0 atom stereocenters. The Hall–Kier alpha value is -3.42. The molecule has 8 heteroatoms. The molecule has 134 valence electrons. The molecule has 26 heavy (non-hydrogen) atoms. The number of anilines is 2. The van der Waals surface area contributed by atoms with Gasteiger partial charge in [-0.15, -0.1) is 0 Å². The second-order valence-electron chi connectivity index (χ2n) is 5.88. The van der Waals surface area contributed by atoms with E-state index in [4.69, 9.17) is 10.5 Å². The quantitative estimate of drug-likeness (QED) is 0.389. The predicted molar refractivity (Wildman–Crippen MR) is 94.9 cm³/mol. The number of nitrogens with two attached hydrogens (primary N) is 1. The first-order valence-corrected chi connectivity index (χ1v) is 8.06. The lowest BCUT2D eigenvalue weighted by Crippen LogP contribution is -2.38. The summed E-state index contributed by atoms with van der Waals surface area (Å²) in [6.07, 6.45) is 1.73. The number of nitro benzene ring substituents is 1. The molecule has 0 unspecified atom stereocenters. The highest BCUT2D eigenvalue weighted by atomic mass is 16.6. The zero-order chi connectivity index (χ0) is 18.7. The number of nitrogens with zero attached hydrogens (tertiary/aromatic N) is 2. The van der Waals surface area contributed by atoms with E-state index in [1.54, 1.807) is 4.90 Å². The first kappa shape index (κ1) is 17.4. The summed E-state index contributed by atoms with van der Waals surface area (Å²) in [5.74, 6) is -1.15. The number of para-hydroxylation sites is 1. The number of aryl methyl sites for hydroxylation is 1. The third kappa shape index (κ3) is 3.49. The molecular formula is C18H17N3O5. The van der Waals surface area contributed by atoms with Gasteiger partial charge in [-0.3, -0.25) is 14.9 Å². The number of amides is 1. The molecule has 1 aliphatic rings. The first-order valence-electron chi connectivity index (χ1n) is 8.06. The number of hydrogen-bond acceptors (Lipinski definition) is 6. The summed E-state index contributed by atoms with van der Waals surface area (Å²) in [7, 11) is 0. The minimum atomic E-state index is -0.813. The van der Waals surface area contributed by atoms with Crippen molar-refractivity contribution in [1.82, 2.24) is 0 Å². The molecule has 0 bridgehead atoms. The first-order chi connectivity index (χ1) is 12.5. The maximum absolute atomic E-state index is 12.4. The van der Waals surface area contributed by atoms with Gasteiger partial charge in [0, 0.05) is 18.3 Å². The topological polar surface area (TPSA) is 116 Å². The average molecular weight is 355 g/mol. The Morgan fingerprint density at radius 1 is 1.23 bits per heavy atom. The molecule has 3 rings (SSSR count). The highest BCUT2D eigenvalue weighted by Gasteiger charge is 2.24. The van der Waals surface area contributed by atoms with Crippen molar-refractivity contribution in [2.24, 2.45) is 0 Å². The van der Waals surface area contributed by atoms with Crippen LogP contribution in [0.3, 0.4) is 0 Å². The zero-order valence-electron chi connectivity index (χ0n) is 13.9. The standard InChI is InChI=1S/C18H17N3O5/c19-14-8-7-13(10-16(14)21(24)25)18(23)26-11-17(22)20-9-3-5-12-4-1-2-6-15(12)20/h1-2,4,6-8,10H,3,5,9,11,19H2. The van der Waals surface area contributed by atoms with Crippen LogP contribution in [-0.2, 0) is 16.0 Å². The number of carbonyl (C=O) groups excluding carboxylic acids is 2. The van der Waals surface area contributed by atoms with Crippen molar-refractivity contribution in [1.29, 1.82) is 0 Å². The van der Waals surface area contributed by atoms with Crippen LogP contribution in [0, 0.1) is 10.1 Å². The summed E-state index contributed by atoms with van der Waals surface area (Å²) in [6, 6.07) is 11.2. The van der Waals surface area contributed by atoms with Crippen molar-refractivity contribution < 1.29 is 19.2 Å². The lowest BCUT2D eigenvalue weighted by Gasteiger charge is -2.29. The van der Waals surface area contributed by atoms with Crippen LogP contribution in [0.2, 0.25) is 0 Å². The normalized spacial score (nSPS) is 13.0. The van der Waals surface area contributed by atoms with Crippen molar-refractivity contribution in [2.75, 3.05) is 23.8 Å². The molecule has 0 saturated carbocycles. The number of nitro groups is 1. The van der Waals surface area contributed by atoms with Gasteiger partial charge >= 0.3 is 5.97 Å². The zero-order valence-corrected chi connectivity index (χ0v) is 13.9. The predicted octanol–water partition coefficient (Wildman–Crippen LogP) is 2.31. The number of benzene rings is 2. The SMILES string of the molecule is Nc1ccc(C(=O)OCC(=O)N2CCCc3ccccc32)cc1[N+](=O)[O-]. The largest absolute Gasteiger partial charge is 0.452 e. The van der Waals surface area contributed by atoms with Crippen LogP contribution in [0.5, 0.6) is 0 Å². The lowest BCUT2D eigenvalue weighted by atomic mass is 10.0. The smallest absolute Gasteiger partial charge is 0.338 e. The Morgan fingerprint density at radius 2 is 2.00 bits per heavy atom. The molecule has 1 heterocycles. The molecule has 0 aromatic heterocycles. The van der Waals surface area contributed by atoms with E-state index in [-0.39, 0.29) is 22.8 Å².